The van der Waals surface area contributed by atoms with E-state index in [1.54, 1.807) is 36.4 Å². The van der Waals surface area contributed by atoms with Crippen molar-refractivity contribution in [3.63, 3.8) is 0 Å². The lowest BCUT2D eigenvalue weighted by Crippen LogP contribution is -2.23. The second kappa shape index (κ2) is 8.36. The van der Waals surface area contributed by atoms with Gasteiger partial charge in [0, 0.05) is 24.7 Å². The van der Waals surface area contributed by atoms with Crippen molar-refractivity contribution in [3.8, 4) is 5.75 Å². The van der Waals surface area contributed by atoms with Crippen LogP contribution in [0.1, 0.15) is 29.8 Å². The quantitative estimate of drug-likeness (QED) is 0.839. The Balaban J connectivity index is 2.00. The molecule has 0 fully saturated rings. The normalized spacial score (nSPS) is 10.1. The van der Waals surface area contributed by atoms with E-state index in [0.717, 1.165) is 5.56 Å². The van der Waals surface area contributed by atoms with E-state index in [2.05, 4.69) is 10.6 Å². The Morgan fingerprint density at radius 1 is 1.17 bits per heavy atom. The van der Waals surface area contributed by atoms with Crippen LogP contribution >= 0.6 is 11.6 Å². The van der Waals surface area contributed by atoms with Crippen LogP contribution in [0.4, 0.5) is 5.69 Å². The molecule has 24 heavy (non-hydrogen) atoms. The van der Waals surface area contributed by atoms with E-state index < -0.39 is 0 Å². The van der Waals surface area contributed by atoms with Crippen LogP contribution in [-0.2, 0) is 11.3 Å². The van der Waals surface area contributed by atoms with Gasteiger partial charge in [0.1, 0.15) is 5.75 Å². The molecule has 0 aliphatic heterocycles. The SMILES string of the molecule is CCOc1ccc(CNC(=O)c2cccc(NC(C)=O)c2)cc1Cl. The highest BCUT2D eigenvalue weighted by molar-refractivity contribution is 6.32. The molecule has 0 heterocycles. The van der Waals surface area contributed by atoms with Crippen molar-refractivity contribution in [2.24, 2.45) is 0 Å². The van der Waals surface area contributed by atoms with E-state index in [0.29, 0.717) is 35.2 Å². The minimum absolute atomic E-state index is 0.184. The molecule has 0 aliphatic carbocycles. The fourth-order valence-electron chi connectivity index (χ4n) is 2.15. The lowest BCUT2D eigenvalue weighted by molar-refractivity contribution is -0.114. The number of hydrogen-bond donors (Lipinski definition) is 2. The zero-order valence-corrected chi connectivity index (χ0v) is 14.3. The third-order valence-corrected chi connectivity index (χ3v) is 3.49. The summed E-state index contributed by atoms with van der Waals surface area (Å²) in [5, 5.41) is 5.98. The molecule has 126 valence electrons. The summed E-state index contributed by atoms with van der Waals surface area (Å²) >= 11 is 6.13. The first-order valence-electron chi connectivity index (χ1n) is 7.56. The molecule has 0 aliphatic rings. The molecule has 2 N–H and O–H groups in total. The van der Waals surface area contributed by atoms with Crippen molar-refractivity contribution < 1.29 is 14.3 Å². The van der Waals surface area contributed by atoms with E-state index in [9.17, 15) is 9.59 Å². The lowest BCUT2D eigenvalue weighted by atomic mass is 10.1. The molecule has 0 bridgehead atoms. The standard InChI is InChI=1S/C18H19ClN2O3/c1-3-24-17-8-7-13(9-16(17)19)11-20-18(23)14-5-4-6-15(10-14)21-12(2)22/h4-10H,3,11H2,1-2H3,(H,20,23)(H,21,22). The van der Waals surface area contributed by atoms with Crippen LogP contribution in [0.2, 0.25) is 5.02 Å². The summed E-state index contributed by atoms with van der Waals surface area (Å²) in [5.41, 5.74) is 1.92. The van der Waals surface area contributed by atoms with Gasteiger partial charge < -0.3 is 15.4 Å². The van der Waals surface area contributed by atoms with E-state index in [1.807, 2.05) is 13.0 Å². The third-order valence-electron chi connectivity index (χ3n) is 3.19. The number of nitrogens with one attached hydrogen (secondary N) is 2. The summed E-state index contributed by atoms with van der Waals surface area (Å²) < 4.78 is 5.38. The molecule has 5 nitrogen and oxygen atoms in total. The van der Waals surface area contributed by atoms with E-state index in [-0.39, 0.29) is 11.8 Å². The average Bonchev–Trinajstić information content (AvgIpc) is 2.54. The summed E-state index contributed by atoms with van der Waals surface area (Å²) in [5.74, 6) is 0.209. The predicted octanol–water partition coefficient (Wildman–Crippen LogP) is 3.63. The van der Waals surface area contributed by atoms with Gasteiger partial charge in [-0.3, -0.25) is 9.59 Å². The Bertz CT molecular complexity index is 747. The van der Waals surface area contributed by atoms with Crippen LogP contribution in [0.3, 0.4) is 0 Å². The maximum Gasteiger partial charge on any atom is 0.251 e. The second-order valence-electron chi connectivity index (χ2n) is 5.14. The molecule has 0 radical (unpaired) electrons. The summed E-state index contributed by atoms with van der Waals surface area (Å²) in [6.07, 6.45) is 0. The smallest absolute Gasteiger partial charge is 0.251 e. The molecule has 0 aromatic heterocycles. The molecular weight excluding hydrogens is 328 g/mol. The van der Waals surface area contributed by atoms with Gasteiger partial charge in [-0.1, -0.05) is 23.7 Å². The monoisotopic (exact) mass is 346 g/mol. The number of halogens is 1. The number of carbonyl (C=O) groups is 2. The topological polar surface area (TPSA) is 67.4 Å². The van der Waals surface area contributed by atoms with Gasteiger partial charge in [0.25, 0.3) is 5.91 Å². The van der Waals surface area contributed by atoms with E-state index in [1.165, 1.54) is 6.92 Å². The van der Waals surface area contributed by atoms with Crippen LogP contribution < -0.4 is 15.4 Å². The minimum Gasteiger partial charge on any atom is -0.492 e. The highest BCUT2D eigenvalue weighted by Crippen LogP contribution is 2.25. The number of ether oxygens (including phenoxy) is 1. The lowest BCUT2D eigenvalue weighted by Gasteiger charge is -2.10. The largest absolute Gasteiger partial charge is 0.492 e. The summed E-state index contributed by atoms with van der Waals surface area (Å²) in [4.78, 5) is 23.3. The Hall–Kier alpha value is -2.53. The van der Waals surface area contributed by atoms with Gasteiger partial charge in [0.15, 0.2) is 0 Å². The molecule has 0 spiro atoms. The van der Waals surface area contributed by atoms with Gasteiger partial charge in [0.05, 0.1) is 11.6 Å². The average molecular weight is 347 g/mol. The predicted molar refractivity (Wildman–Crippen MR) is 94.5 cm³/mol. The number of amides is 2. The number of benzene rings is 2. The Labute approximate surface area is 146 Å². The Morgan fingerprint density at radius 2 is 1.96 bits per heavy atom. The van der Waals surface area contributed by atoms with Gasteiger partial charge in [-0.05, 0) is 42.8 Å². The molecule has 2 aromatic carbocycles. The molecule has 6 heteroatoms. The van der Waals surface area contributed by atoms with Gasteiger partial charge in [-0.15, -0.1) is 0 Å². The Kier molecular flexibility index (Phi) is 6.21. The van der Waals surface area contributed by atoms with Crippen molar-refractivity contribution in [3.05, 3.63) is 58.6 Å². The van der Waals surface area contributed by atoms with Gasteiger partial charge in [-0.25, -0.2) is 0 Å². The number of carbonyl (C=O) groups excluding carboxylic acids is 2. The van der Waals surface area contributed by atoms with Gasteiger partial charge in [-0.2, -0.15) is 0 Å². The first kappa shape index (κ1) is 17.8. The van der Waals surface area contributed by atoms with E-state index >= 15 is 0 Å². The van der Waals surface area contributed by atoms with Crippen LogP contribution in [-0.4, -0.2) is 18.4 Å². The summed E-state index contributed by atoms with van der Waals surface area (Å²) in [6.45, 7) is 4.19. The highest BCUT2D eigenvalue weighted by Gasteiger charge is 2.08. The van der Waals surface area contributed by atoms with Gasteiger partial charge in [0.2, 0.25) is 5.91 Å². The van der Waals surface area contributed by atoms with E-state index in [4.69, 9.17) is 16.3 Å². The maximum absolute atomic E-state index is 12.2. The van der Waals surface area contributed by atoms with Crippen LogP contribution in [0.5, 0.6) is 5.75 Å². The zero-order chi connectivity index (χ0) is 17.5. The molecule has 2 rings (SSSR count). The summed E-state index contributed by atoms with van der Waals surface area (Å²) in [6, 6.07) is 12.2. The molecule has 0 atom stereocenters. The van der Waals surface area contributed by atoms with Crippen LogP contribution in [0.15, 0.2) is 42.5 Å². The first-order chi connectivity index (χ1) is 11.5. The molecule has 0 unspecified atom stereocenters. The fourth-order valence-corrected chi connectivity index (χ4v) is 2.41. The van der Waals surface area contributed by atoms with Gasteiger partial charge >= 0.3 is 0 Å². The van der Waals surface area contributed by atoms with Crippen molar-refractivity contribution in [1.29, 1.82) is 0 Å². The van der Waals surface area contributed by atoms with Crippen molar-refractivity contribution in [2.45, 2.75) is 20.4 Å². The van der Waals surface area contributed by atoms with Crippen molar-refractivity contribution in [2.75, 3.05) is 11.9 Å². The number of hydrogen-bond acceptors (Lipinski definition) is 3. The molecule has 2 amide bonds. The molecule has 2 aromatic rings. The van der Waals surface area contributed by atoms with Crippen molar-refractivity contribution in [1.82, 2.24) is 5.32 Å². The number of anilines is 1. The minimum atomic E-state index is -0.229. The maximum atomic E-state index is 12.2. The third kappa shape index (κ3) is 4.99. The first-order valence-corrected chi connectivity index (χ1v) is 7.94. The molecular formula is C18H19ClN2O3. The van der Waals surface area contributed by atoms with Crippen LogP contribution in [0, 0.1) is 0 Å². The molecule has 0 saturated heterocycles. The zero-order valence-electron chi connectivity index (χ0n) is 13.6. The second-order valence-corrected chi connectivity index (χ2v) is 5.55. The van der Waals surface area contributed by atoms with Crippen molar-refractivity contribution >= 4 is 29.1 Å². The van der Waals surface area contributed by atoms with Crippen LogP contribution in [0.25, 0.3) is 0 Å². The number of rotatable bonds is 6. The summed E-state index contributed by atoms with van der Waals surface area (Å²) in [7, 11) is 0. The fraction of sp³-hybridized carbons (Fsp3) is 0.222. The molecule has 0 saturated carbocycles. The Morgan fingerprint density at radius 3 is 2.62 bits per heavy atom. The highest BCUT2D eigenvalue weighted by atomic mass is 35.5.